The first-order chi connectivity index (χ1) is 8.99. The van der Waals surface area contributed by atoms with Crippen molar-refractivity contribution in [3.05, 3.63) is 65.0 Å². The lowest BCUT2D eigenvalue weighted by Crippen LogP contribution is -2.44. The molecule has 0 N–H and O–H groups in total. The molecule has 98 valence electrons. The maximum absolute atomic E-state index is 11.9. The van der Waals surface area contributed by atoms with Gasteiger partial charge in [0.25, 0.3) is 5.69 Å². The molecule has 1 heterocycles. The highest BCUT2D eigenvalue weighted by atomic mass is 32.2. The van der Waals surface area contributed by atoms with Crippen molar-refractivity contribution in [1.82, 2.24) is 0 Å². The van der Waals surface area contributed by atoms with Crippen LogP contribution in [0.1, 0.15) is 0 Å². The van der Waals surface area contributed by atoms with E-state index in [1.54, 1.807) is 18.2 Å². The Kier molecular flexibility index (Phi) is 3.43. The van der Waals surface area contributed by atoms with Crippen LogP contribution in [-0.4, -0.2) is 13.3 Å². The third-order valence-electron chi connectivity index (χ3n) is 2.21. The first-order valence-electron chi connectivity index (χ1n) is 5.15. The summed E-state index contributed by atoms with van der Waals surface area (Å²) in [4.78, 5) is 9.71. The maximum Gasteiger partial charge on any atom is 0.396 e. The summed E-state index contributed by atoms with van der Waals surface area (Å²) in [5.41, 5.74) is -0.189. The lowest BCUT2D eigenvalue weighted by molar-refractivity contribution is -0.856. The Morgan fingerprint density at radius 1 is 1.05 bits per heavy atom. The zero-order chi connectivity index (χ0) is 13.9. The summed E-state index contributed by atoms with van der Waals surface area (Å²) in [5.74, 6) is 0. The molecule has 1 aromatic heterocycles. The third kappa shape index (κ3) is 3.05. The second-order valence-electron chi connectivity index (χ2n) is 3.52. The maximum atomic E-state index is 11.9. The van der Waals surface area contributed by atoms with Crippen molar-refractivity contribution in [1.29, 1.82) is 0 Å². The van der Waals surface area contributed by atoms with Gasteiger partial charge in [0.2, 0.25) is 12.4 Å². The van der Waals surface area contributed by atoms with Crippen LogP contribution in [0.2, 0.25) is 0 Å². The van der Waals surface area contributed by atoms with Crippen LogP contribution < -0.4 is 9.01 Å². The minimum absolute atomic E-state index is 0.158. The molecule has 8 heteroatoms. The minimum atomic E-state index is -4.02. The summed E-state index contributed by atoms with van der Waals surface area (Å²) in [6.45, 7) is 0. The first-order valence-corrected chi connectivity index (χ1v) is 6.55. The summed E-state index contributed by atoms with van der Waals surface area (Å²) in [6, 6.07) is 9.36. The molecule has 0 radical (unpaired) electrons. The molecular weight excluding hydrogens is 272 g/mol. The summed E-state index contributed by atoms with van der Waals surface area (Å²) in [5, 5.41) is 10.5. The largest absolute Gasteiger partial charge is 0.396 e. The minimum Gasteiger partial charge on any atom is -0.258 e. The van der Waals surface area contributed by atoms with Crippen molar-refractivity contribution in [2.45, 2.75) is 4.90 Å². The van der Waals surface area contributed by atoms with Crippen LogP contribution in [-0.2, 0) is 10.1 Å². The highest BCUT2D eigenvalue weighted by molar-refractivity contribution is 7.86. The molecule has 0 unspecified atom stereocenters. The summed E-state index contributed by atoms with van der Waals surface area (Å²) >= 11 is 0. The molecule has 2 aromatic rings. The van der Waals surface area contributed by atoms with Crippen molar-refractivity contribution in [2.75, 3.05) is 0 Å². The highest BCUT2D eigenvalue weighted by Crippen LogP contribution is 2.15. The molecule has 2 rings (SSSR count). The average molecular weight is 281 g/mol. The van der Waals surface area contributed by atoms with Crippen LogP contribution >= 0.6 is 0 Å². The second-order valence-corrected chi connectivity index (χ2v) is 5.04. The fourth-order valence-corrected chi connectivity index (χ4v) is 2.20. The van der Waals surface area contributed by atoms with Crippen molar-refractivity contribution in [3.63, 3.8) is 0 Å². The molecule has 19 heavy (non-hydrogen) atoms. The standard InChI is InChI=1S/C11H9N2O5S/c14-13(15)10-4-6-11(7-5-10)19(16,17)18-12-8-2-1-3-9-12/h1-9H/q+1. The number of hydrogen-bond acceptors (Lipinski definition) is 5. The van der Waals surface area contributed by atoms with Crippen LogP contribution in [0, 0.1) is 10.1 Å². The third-order valence-corrected chi connectivity index (χ3v) is 3.43. The molecule has 0 atom stereocenters. The smallest absolute Gasteiger partial charge is 0.258 e. The predicted molar refractivity (Wildman–Crippen MR) is 63.5 cm³/mol. The van der Waals surface area contributed by atoms with Crippen molar-refractivity contribution in [3.8, 4) is 0 Å². The lowest BCUT2D eigenvalue weighted by atomic mass is 10.3. The first kappa shape index (κ1) is 13.0. The monoisotopic (exact) mass is 281 g/mol. The SMILES string of the molecule is O=[N+]([O-])c1ccc(S(=O)(=O)O[n+]2ccccc2)cc1. The van der Waals surface area contributed by atoms with Gasteiger partial charge in [-0.3, -0.25) is 10.1 Å². The van der Waals surface area contributed by atoms with Crippen molar-refractivity contribution >= 4 is 15.8 Å². The van der Waals surface area contributed by atoms with Gasteiger partial charge in [0.05, 0.1) is 4.92 Å². The number of hydrogen-bond donors (Lipinski definition) is 0. The van der Waals surface area contributed by atoms with Gasteiger partial charge >= 0.3 is 10.1 Å². The van der Waals surface area contributed by atoms with Crippen LogP contribution in [0.15, 0.2) is 59.8 Å². The molecule has 0 aliphatic heterocycles. The Morgan fingerprint density at radius 3 is 2.16 bits per heavy atom. The number of nitro benzene ring substituents is 1. The van der Waals surface area contributed by atoms with E-state index in [1.165, 1.54) is 12.4 Å². The van der Waals surface area contributed by atoms with Gasteiger partial charge in [0, 0.05) is 29.0 Å². The number of non-ortho nitro benzene ring substituents is 1. The molecule has 0 fully saturated rings. The fraction of sp³-hybridized carbons (Fsp3) is 0. The molecule has 0 saturated heterocycles. The quantitative estimate of drug-likeness (QED) is 0.467. The van der Waals surface area contributed by atoms with Crippen LogP contribution in [0.5, 0.6) is 0 Å². The Labute approximate surface area is 108 Å². The molecule has 0 aliphatic carbocycles. The Bertz CT molecular complexity index is 683. The molecule has 0 aliphatic rings. The Hall–Kier alpha value is -2.48. The summed E-state index contributed by atoms with van der Waals surface area (Å²) in [7, 11) is -4.02. The van der Waals surface area contributed by atoms with Crippen LogP contribution in [0.3, 0.4) is 0 Å². The summed E-state index contributed by atoms with van der Waals surface area (Å²) in [6.07, 6.45) is 2.84. The topological polar surface area (TPSA) is 90.4 Å². The number of aromatic nitrogens is 1. The van der Waals surface area contributed by atoms with E-state index < -0.39 is 15.0 Å². The number of rotatable bonds is 4. The molecule has 0 saturated carbocycles. The fourth-order valence-electron chi connectivity index (χ4n) is 1.32. The van der Waals surface area contributed by atoms with Gasteiger partial charge < -0.3 is 0 Å². The predicted octanol–water partition coefficient (Wildman–Crippen LogP) is 0.700. The van der Waals surface area contributed by atoms with Gasteiger partial charge in [-0.15, -0.1) is 4.28 Å². The van der Waals surface area contributed by atoms with Gasteiger partial charge in [-0.1, -0.05) is 6.07 Å². The molecule has 0 spiro atoms. The number of pyridine rings is 1. The average Bonchev–Trinajstić information content (AvgIpc) is 2.39. The number of nitrogens with zero attached hydrogens (tertiary/aromatic N) is 2. The Balaban J connectivity index is 2.27. The molecule has 0 bridgehead atoms. The van der Waals surface area contributed by atoms with Crippen LogP contribution in [0.4, 0.5) is 5.69 Å². The van der Waals surface area contributed by atoms with E-state index in [1.807, 2.05) is 0 Å². The highest BCUT2D eigenvalue weighted by Gasteiger charge is 2.22. The number of nitro groups is 1. The van der Waals surface area contributed by atoms with Crippen LogP contribution in [0.25, 0.3) is 0 Å². The normalized spacial score (nSPS) is 10.9. The van der Waals surface area contributed by atoms with E-state index in [2.05, 4.69) is 0 Å². The van der Waals surface area contributed by atoms with Gasteiger partial charge in [0.15, 0.2) is 0 Å². The van der Waals surface area contributed by atoms with Gasteiger partial charge in [-0.2, -0.15) is 8.42 Å². The molecular formula is C11H9N2O5S+. The molecule has 1 aromatic carbocycles. The number of benzene rings is 1. The van der Waals surface area contributed by atoms with E-state index in [4.69, 9.17) is 4.28 Å². The van der Waals surface area contributed by atoms with E-state index >= 15 is 0 Å². The van der Waals surface area contributed by atoms with E-state index in [0.29, 0.717) is 0 Å². The van der Waals surface area contributed by atoms with Crippen molar-refractivity contribution < 1.29 is 22.4 Å². The van der Waals surface area contributed by atoms with E-state index in [0.717, 1.165) is 29.0 Å². The lowest BCUT2D eigenvalue weighted by Gasteiger charge is -1.99. The van der Waals surface area contributed by atoms with Crippen molar-refractivity contribution in [2.24, 2.45) is 0 Å². The zero-order valence-electron chi connectivity index (χ0n) is 9.54. The molecule has 7 nitrogen and oxygen atoms in total. The Morgan fingerprint density at radius 2 is 1.63 bits per heavy atom. The zero-order valence-corrected chi connectivity index (χ0v) is 10.4. The van der Waals surface area contributed by atoms with Gasteiger partial charge in [-0.25, -0.2) is 0 Å². The molecule has 0 amide bonds. The second kappa shape index (κ2) is 5.02. The van der Waals surface area contributed by atoms with E-state index in [-0.39, 0.29) is 10.6 Å². The van der Waals surface area contributed by atoms with E-state index in [9.17, 15) is 18.5 Å². The van der Waals surface area contributed by atoms with Gasteiger partial charge in [-0.05, 0) is 12.1 Å². The van der Waals surface area contributed by atoms with Gasteiger partial charge in [0.1, 0.15) is 4.90 Å². The summed E-state index contributed by atoms with van der Waals surface area (Å²) < 4.78 is 29.6.